The predicted octanol–water partition coefficient (Wildman–Crippen LogP) is 1.46. The van der Waals surface area contributed by atoms with Crippen LogP contribution in [0.15, 0.2) is 24.3 Å². The molecule has 1 unspecified atom stereocenters. The molecule has 2 aliphatic rings. The number of ether oxygens (including phenoxy) is 1. The first-order valence-corrected chi connectivity index (χ1v) is 9.22. The first-order chi connectivity index (χ1) is 13.4. The van der Waals surface area contributed by atoms with E-state index in [2.05, 4.69) is 16.0 Å². The van der Waals surface area contributed by atoms with Crippen molar-refractivity contribution >= 4 is 35.1 Å². The molecular weight excluding hydrogens is 364 g/mol. The zero-order valence-electron chi connectivity index (χ0n) is 15.9. The number of hydrogen-bond donors (Lipinski definition) is 3. The number of rotatable bonds is 6. The molecule has 1 saturated carbocycles. The Morgan fingerprint density at radius 3 is 2.50 bits per heavy atom. The Morgan fingerprint density at radius 2 is 1.86 bits per heavy atom. The van der Waals surface area contributed by atoms with Gasteiger partial charge < -0.3 is 20.7 Å². The van der Waals surface area contributed by atoms with Gasteiger partial charge in [0.05, 0.1) is 0 Å². The normalized spacial score (nSPS) is 18.9. The summed E-state index contributed by atoms with van der Waals surface area (Å²) in [5.41, 5.74) is 0.0825. The van der Waals surface area contributed by atoms with Crippen LogP contribution in [0.25, 0.3) is 0 Å². The minimum atomic E-state index is -0.959. The highest BCUT2D eigenvalue weighted by Gasteiger charge is 2.54. The first-order valence-electron chi connectivity index (χ1n) is 9.22. The Morgan fingerprint density at radius 1 is 1.21 bits per heavy atom. The summed E-state index contributed by atoms with van der Waals surface area (Å²) in [6, 6.07) is 5.09. The molecule has 28 heavy (non-hydrogen) atoms. The fraction of sp³-hybridized carbons (Fsp3) is 0.474. The van der Waals surface area contributed by atoms with E-state index in [4.69, 9.17) is 4.74 Å². The second-order valence-corrected chi connectivity index (χ2v) is 7.12. The van der Waals surface area contributed by atoms with Gasteiger partial charge in [-0.1, -0.05) is 18.9 Å². The number of carbonyl (C=O) groups is 4. The maximum Gasteiger partial charge on any atom is 0.325 e. The molecule has 1 atom stereocenters. The zero-order valence-corrected chi connectivity index (χ0v) is 15.9. The van der Waals surface area contributed by atoms with Gasteiger partial charge >= 0.3 is 6.03 Å². The Labute approximate surface area is 162 Å². The SMILES string of the molecule is COCC(=O)Nc1cccc(NC(=O)C(C)N2C(=O)NC3(CCCC3)C2=O)c1. The Hall–Kier alpha value is -2.94. The molecule has 150 valence electrons. The van der Waals surface area contributed by atoms with Gasteiger partial charge in [-0.25, -0.2) is 9.69 Å². The van der Waals surface area contributed by atoms with Crippen LogP contribution in [0.3, 0.4) is 0 Å². The quantitative estimate of drug-likeness (QED) is 0.638. The fourth-order valence-corrected chi connectivity index (χ4v) is 3.68. The van der Waals surface area contributed by atoms with Crippen molar-refractivity contribution in [3.8, 4) is 0 Å². The van der Waals surface area contributed by atoms with Crippen molar-refractivity contribution in [2.24, 2.45) is 0 Å². The predicted molar refractivity (Wildman–Crippen MR) is 102 cm³/mol. The summed E-state index contributed by atoms with van der Waals surface area (Å²) in [4.78, 5) is 50.4. The molecule has 1 aliphatic carbocycles. The Balaban J connectivity index is 1.67. The van der Waals surface area contributed by atoms with Crippen molar-refractivity contribution < 1.29 is 23.9 Å². The standard InChI is InChI=1S/C19H24N4O5/c1-12(23-17(26)19(22-18(23)27)8-3-4-9-19)16(25)21-14-7-5-6-13(10-14)20-15(24)11-28-2/h5-7,10,12H,3-4,8-9,11H2,1-2H3,(H,20,24)(H,21,25)(H,22,27). The average Bonchev–Trinajstić information content (AvgIpc) is 3.20. The van der Waals surface area contributed by atoms with Crippen molar-refractivity contribution in [1.29, 1.82) is 0 Å². The summed E-state index contributed by atoms with van der Waals surface area (Å²) in [5, 5.41) is 8.10. The van der Waals surface area contributed by atoms with E-state index in [0.717, 1.165) is 17.7 Å². The van der Waals surface area contributed by atoms with Gasteiger partial charge in [0, 0.05) is 18.5 Å². The van der Waals surface area contributed by atoms with Gasteiger partial charge in [-0.2, -0.15) is 0 Å². The summed E-state index contributed by atoms with van der Waals surface area (Å²) >= 11 is 0. The van der Waals surface area contributed by atoms with Crippen LogP contribution in [-0.2, 0) is 19.1 Å². The molecule has 0 radical (unpaired) electrons. The molecule has 2 fully saturated rings. The van der Waals surface area contributed by atoms with E-state index in [0.29, 0.717) is 24.2 Å². The number of amides is 5. The molecule has 1 heterocycles. The lowest BCUT2D eigenvalue weighted by atomic mass is 9.97. The molecule has 1 aliphatic heterocycles. The smallest absolute Gasteiger partial charge is 0.325 e. The first kappa shape index (κ1) is 19.8. The van der Waals surface area contributed by atoms with Crippen molar-refractivity contribution in [1.82, 2.24) is 10.2 Å². The third-order valence-corrected chi connectivity index (χ3v) is 5.11. The maximum atomic E-state index is 12.8. The number of benzene rings is 1. The van der Waals surface area contributed by atoms with Crippen LogP contribution < -0.4 is 16.0 Å². The average molecular weight is 388 g/mol. The number of nitrogens with one attached hydrogen (secondary N) is 3. The number of methoxy groups -OCH3 is 1. The second-order valence-electron chi connectivity index (χ2n) is 7.12. The van der Waals surface area contributed by atoms with Gasteiger partial charge in [0.25, 0.3) is 5.91 Å². The molecule has 1 aromatic carbocycles. The Bertz CT molecular complexity index is 803. The molecule has 5 amide bonds. The highest BCUT2D eigenvalue weighted by molar-refractivity contribution is 6.11. The maximum absolute atomic E-state index is 12.8. The second kappa shape index (κ2) is 7.97. The number of anilines is 2. The molecule has 0 bridgehead atoms. The Kier molecular flexibility index (Phi) is 5.64. The van der Waals surface area contributed by atoms with Crippen LogP contribution in [-0.4, -0.2) is 54.0 Å². The molecule has 0 aromatic heterocycles. The summed E-state index contributed by atoms with van der Waals surface area (Å²) < 4.78 is 4.76. The van der Waals surface area contributed by atoms with Crippen LogP contribution >= 0.6 is 0 Å². The van der Waals surface area contributed by atoms with Gasteiger partial charge in [-0.3, -0.25) is 14.4 Å². The van der Waals surface area contributed by atoms with Crippen LogP contribution in [0.2, 0.25) is 0 Å². The molecule has 3 N–H and O–H groups in total. The third-order valence-electron chi connectivity index (χ3n) is 5.11. The number of carbonyl (C=O) groups excluding carboxylic acids is 4. The van der Waals surface area contributed by atoms with E-state index >= 15 is 0 Å². The minimum Gasteiger partial charge on any atom is -0.375 e. The minimum absolute atomic E-state index is 0.0818. The molecule has 1 saturated heterocycles. The van der Waals surface area contributed by atoms with Crippen molar-refractivity contribution in [3.63, 3.8) is 0 Å². The lowest BCUT2D eigenvalue weighted by Crippen LogP contribution is -2.48. The highest BCUT2D eigenvalue weighted by atomic mass is 16.5. The monoisotopic (exact) mass is 388 g/mol. The summed E-state index contributed by atoms with van der Waals surface area (Å²) in [7, 11) is 1.42. The molecule has 1 aromatic rings. The molecule has 3 rings (SSSR count). The fourth-order valence-electron chi connectivity index (χ4n) is 3.68. The summed E-state index contributed by atoms with van der Waals surface area (Å²) in [6.45, 7) is 1.44. The van der Waals surface area contributed by atoms with Crippen molar-refractivity contribution in [2.45, 2.75) is 44.2 Å². The zero-order chi connectivity index (χ0) is 20.3. The van der Waals surface area contributed by atoms with Gasteiger partial charge in [0.15, 0.2) is 0 Å². The van der Waals surface area contributed by atoms with E-state index in [-0.39, 0.29) is 18.4 Å². The van der Waals surface area contributed by atoms with E-state index in [1.807, 2.05) is 0 Å². The summed E-state index contributed by atoms with van der Waals surface area (Å²) in [6.07, 6.45) is 2.96. The van der Waals surface area contributed by atoms with Gasteiger partial charge in [0.1, 0.15) is 18.2 Å². The molecular formula is C19H24N4O5. The van der Waals surface area contributed by atoms with Gasteiger partial charge in [-0.15, -0.1) is 0 Å². The molecule has 9 nitrogen and oxygen atoms in total. The third kappa shape index (κ3) is 3.84. The largest absolute Gasteiger partial charge is 0.375 e. The molecule has 9 heteroatoms. The summed E-state index contributed by atoms with van der Waals surface area (Å²) in [5.74, 6) is -1.14. The number of imide groups is 1. The van der Waals surface area contributed by atoms with E-state index in [1.165, 1.54) is 14.0 Å². The van der Waals surface area contributed by atoms with Gasteiger partial charge in [0.2, 0.25) is 11.8 Å². The number of hydrogen-bond acceptors (Lipinski definition) is 5. The number of urea groups is 1. The molecule has 1 spiro atoms. The van der Waals surface area contributed by atoms with Crippen molar-refractivity contribution in [3.05, 3.63) is 24.3 Å². The van der Waals surface area contributed by atoms with Crippen LogP contribution in [0, 0.1) is 0 Å². The lowest BCUT2D eigenvalue weighted by molar-refractivity contribution is -0.136. The van der Waals surface area contributed by atoms with E-state index in [1.54, 1.807) is 24.3 Å². The van der Waals surface area contributed by atoms with E-state index < -0.39 is 23.5 Å². The van der Waals surface area contributed by atoms with Crippen LogP contribution in [0.4, 0.5) is 16.2 Å². The lowest BCUT2D eigenvalue weighted by Gasteiger charge is -2.23. The van der Waals surface area contributed by atoms with Gasteiger partial charge in [-0.05, 0) is 38.0 Å². The van der Waals surface area contributed by atoms with E-state index in [9.17, 15) is 19.2 Å². The van der Waals surface area contributed by atoms with Crippen LogP contribution in [0.5, 0.6) is 0 Å². The van der Waals surface area contributed by atoms with Crippen molar-refractivity contribution in [2.75, 3.05) is 24.4 Å². The van der Waals surface area contributed by atoms with Crippen LogP contribution in [0.1, 0.15) is 32.6 Å². The highest BCUT2D eigenvalue weighted by Crippen LogP contribution is 2.35. The topological polar surface area (TPSA) is 117 Å². The number of nitrogens with zero attached hydrogens (tertiary/aromatic N) is 1.